The van der Waals surface area contributed by atoms with E-state index in [0.717, 1.165) is 37.4 Å². The highest BCUT2D eigenvalue weighted by Crippen LogP contribution is 2.21. The van der Waals surface area contributed by atoms with Crippen molar-refractivity contribution >= 4 is 0 Å². The summed E-state index contributed by atoms with van der Waals surface area (Å²) in [7, 11) is 1.67. The SMILES string of the molecule is COc1cccc(OCc2ccc3c(c2)CCNCC3)c1. The van der Waals surface area contributed by atoms with Crippen LogP contribution in [0.3, 0.4) is 0 Å². The number of methoxy groups -OCH3 is 1. The van der Waals surface area contributed by atoms with Gasteiger partial charge in [-0.05, 0) is 54.8 Å². The van der Waals surface area contributed by atoms with Gasteiger partial charge in [0.15, 0.2) is 0 Å². The van der Waals surface area contributed by atoms with E-state index in [4.69, 9.17) is 9.47 Å². The van der Waals surface area contributed by atoms with Crippen molar-refractivity contribution in [1.82, 2.24) is 5.32 Å². The van der Waals surface area contributed by atoms with E-state index in [9.17, 15) is 0 Å². The summed E-state index contributed by atoms with van der Waals surface area (Å²) in [6.07, 6.45) is 2.22. The zero-order valence-corrected chi connectivity index (χ0v) is 12.4. The summed E-state index contributed by atoms with van der Waals surface area (Å²) in [5, 5.41) is 3.44. The third-order valence-corrected chi connectivity index (χ3v) is 3.86. The van der Waals surface area contributed by atoms with E-state index in [2.05, 4.69) is 23.5 Å². The molecule has 0 saturated heterocycles. The molecule has 3 nitrogen and oxygen atoms in total. The van der Waals surface area contributed by atoms with Gasteiger partial charge in [0, 0.05) is 6.07 Å². The number of hydrogen-bond donors (Lipinski definition) is 1. The lowest BCUT2D eigenvalue weighted by molar-refractivity contribution is 0.303. The molecule has 0 aromatic heterocycles. The molecule has 3 heteroatoms. The summed E-state index contributed by atoms with van der Waals surface area (Å²) >= 11 is 0. The molecular formula is C18H21NO2. The quantitative estimate of drug-likeness (QED) is 0.936. The van der Waals surface area contributed by atoms with Crippen LogP contribution in [0.25, 0.3) is 0 Å². The van der Waals surface area contributed by atoms with Gasteiger partial charge >= 0.3 is 0 Å². The normalized spacial score (nSPS) is 14.1. The van der Waals surface area contributed by atoms with Gasteiger partial charge in [-0.1, -0.05) is 24.3 Å². The van der Waals surface area contributed by atoms with Crippen molar-refractivity contribution < 1.29 is 9.47 Å². The molecule has 1 aliphatic rings. The van der Waals surface area contributed by atoms with Gasteiger partial charge in [-0.25, -0.2) is 0 Å². The molecule has 3 rings (SSSR count). The average molecular weight is 283 g/mol. The molecular weight excluding hydrogens is 262 g/mol. The van der Waals surface area contributed by atoms with Crippen LogP contribution in [0.1, 0.15) is 16.7 Å². The standard InChI is InChI=1S/C18H21NO2/c1-20-17-3-2-4-18(12-17)21-13-14-5-6-15-7-9-19-10-8-16(15)11-14/h2-6,11-12,19H,7-10,13H2,1H3. The van der Waals surface area contributed by atoms with E-state index in [0.29, 0.717) is 6.61 Å². The van der Waals surface area contributed by atoms with Gasteiger partial charge in [0.2, 0.25) is 0 Å². The minimum absolute atomic E-state index is 0.591. The Balaban J connectivity index is 1.69. The molecule has 110 valence electrons. The Labute approximate surface area is 125 Å². The number of ether oxygens (including phenoxy) is 2. The highest BCUT2D eigenvalue weighted by atomic mass is 16.5. The van der Waals surface area contributed by atoms with Crippen LogP contribution in [0.4, 0.5) is 0 Å². The van der Waals surface area contributed by atoms with Crippen molar-refractivity contribution in [2.45, 2.75) is 19.4 Å². The largest absolute Gasteiger partial charge is 0.497 e. The highest BCUT2D eigenvalue weighted by molar-refractivity contribution is 5.35. The molecule has 0 saturated carbocycles. The topological polar surface area (TPSA) is 30.5 Å². The molecule has 0 radical (unpaired) electrons. The molecule has 0 amide bonds. The van der Waals surface area contributed by atoms with Crippen LogP contribution in [-0.4, -0.2) is 20.2 Å². The van der Waals surface area contributed by atoms with Crippen molar-refractivity contribution in [3.63, 3.8) is 0 Å². The highest BCUT2D eigenvalue weighted by Gasteiger charge is 2.08. The Kier molecular flexibility index (Phi) is 4.41. The van der Waals surface area contributed by atoms with E-state index in [1.165, 1.54) is 16.7 Å². The Morgan fingerprint density at radius 1 is 0.952 bits per heavy atom. The van der Waals surface area contributed by atoms with E-state index in [1.807, 2.05) is 24.3 Å². The molecule has 0 atom stereocenters. The molecule has 0 bridgehead atoms. The summed E-state index contributed by atoms with van der Waals surface area (Å²) in [6, 6.07) is 14.4. The smallest absolute Gasteiger partial charge is 0.123 e. The van der Waals surface area contributed by atoms with Gasteiger partial charge < -0.3 is 14.8 Å². The number of hydrogen-bond acceptors (Lipinski definition) is 3. The van der Waals surface area contributed by atoms with Crippen molar-refractivity contribution in [2.24, 2.45) is 0 Å². The van der Waals surface area contributed by atoms with Gasteiger partial charge in [0.25, 0.3) is 0 Å². The number of benzene rings is 2. The predicted molar refractivity (Wildman–Crippen MR) is 84.0 cm³/mol. The van der Waals surface area contributed by atoms with Gasteiger partial charge in [0.1, 0.15) is 18.1 Å². The van der Waals surface area contributed by atoms with Gasteiger partial charge in [-0.15, -0.1) is 0 Å². The monoisotopic (exact) mass is 283 g/mol. The molecule has 0 fully saturated rings. The Hall–Kier alpha value is -2.00. The third kappa shape index (κ3) is 3.56. The molecule has 0 unspecified atom stereocenters. The Morgan fingerprint density at radius 2 is 1.76 bits per heavy atom. The van der Waals surface area contributed by atoms with Crippen LogP contribution in [0.15, 0.2) is 42.5 Å². The minimum atomic E-state index is 0.591. The first-order valence-electron chi connectivity index (χ1n) is 7.43. The molecule has 21 heavy (non-hydrogen) atoms. The molecule has 1 heterocycles. The fourth-order valence-electron chi connectivity index (χ4n) is 2.67. The average Bonchev–Trinajstić information content (AvgIpc) is 2.78. The van der Waals surface area contributed by atoms with Crippen LogP contribution < -0.4 is 14.8 Å². The van der Waals surface area contributed by atoms with Crippen molar-refractivity contribution in [2.75, 3.05) is 20.2 Å². The Morgan fingerprint density at radius 3 is 2.62 bits per heavy atom. The fraction of sp³-hybridized carbons (Fsp3) is 0.333. The summed E-state index contributed by atoms with van der Waals surface area (Å²) in [5.41, 5.74) is 4.13. The van der Waals surface area contributed by atoms with Crippen molar-refractivity contribution in [3.05, 3.63) is 59.2 Å². The second kappa shape index (κ2) is 6.64. The maximum absolute atomic E-state index is 5.86. The lowest BCUT2D eigenvalue weighted by Gasteiger charge is -2.11. The first-order chi connectivity index (χ1) is 10.3. The second-order valence-electron chi connectivity index (χ2n) is 5.32. The molecule has 2 aromatic carbocycles. The van der Waals surface area contributed by atoms with E-state index < -0.39 is 0 Å². The van der Waals surface area contributed by atoms with Crippen LogP contribution in [0, 0.1) is 0 Å². The summed E-state index contributed by atoms with van der Waals surface area (Å²) in [4.78, 5) is 0. The van der Waals surface area contributed by atoms with Crippen LogP contribution >= 0.6 is 0 Å². The molecule has 1 aliphatic heterocycles. The van der Waals surface area contributed by atoms with E-state index in [-0.39, 0.29) is 0 Å². The van der Waals surface area contributed by atoms with Gasteiger partial charge in [-0.2, -0.15) is 0 Å². The zero-order chi connectivity index (χ0) is 14.5. The first-order valence-corrected chi connectivity index (χ1v) is 7.43. The zero-order valence-electron chi connectivity index (χ0n) is 12.4. The molecule has 0 aliphatic carbocycles. The second-order valence-corrected chi connectivity index (χ2v) is 5.32. The number of nitrogens with one attached hydrogen (secondary N) is 1. The number of rotatable bonds is 4. The van der Waals surface area contributed by atoms with Crippen LogP contribution in [0.2, 0.25) is 0 Å². The maximum Gasteiger partial charge on any atom is 0.123 e. The first kappa shape index (κ1) is 14.0. The van der Waals surface area contributed by atoms with Crippen LogP contribution in [-0.2, 0) is 19.4 Å². The summed E-state index contributed by atoms with van der Waals surface area (Å²) in [6.45, 7) is 2.73. The Bertz CT molecular complexity index is 610. The number of fused-ring (bicyclic) bond motifs is 1. The van der Waals surface area contributed by atoms with Crippen LogP contribution in [0.5, 0.6) is 11.5 Å². The third-order valence-electron chi connectivity index (χ3n) is 3.86. The van der Waals surface area contributed by atoms with Crippen molar-refractivity contribution in [1.29, 1.82) is 0 Å². The lowest BCUT2D eigenvalue weighted by Crippen LogP contribution is -2.16. The lowest BCUT2D eigenvalue weighted by atomic mass is 10.0. The summed E-state index contributed by atoms with van der Waals surface area (Å²) < 4.78 is 11.1. The summed E-state index contributed by atoms with van der Waals surface area (Å²) in [5.74, 6) is 1.66. The maximum atomic E-state index is 5.86. The molecule has 2 aromatic rings. The predicted octanol–water partition coefficient (Wildman–Crippen LogP) is 2.96. The fourth-order valence-corrected chi connectivity index (χ4v) is 2.67. The molecule has 1 N–H and O–H groups in total. The van der Waals surface area contributed by atoms with Gasteiger partial charge in [0.05, 0.1) is 7.11 Å². The van der Waals surface area contributed by atoms with Gasteiger partial charge in [-0.3, -0.25) is 0 Å². The van der Waals surface area contributed by atoms with E-state index >= 15 is 0 Å². The minimum Gasteiger partial charge on any atom is -0.497 e. The van der Waals surface area contributed by atoms with Crippen molar-refractivity contribution in [3.8, 4) is 11.5 Å². The van der Waals surface area contributed by atoms with E-state index in [1.54, 1.807) is 7.11 Å². The molecule has 0 spiro atoms.